The Hall–Kier alpha value is -0.980. The molecule has 0 aliphatic carbocycles. The highest BCUT2D eigenvalue weighted by Crippen LogP contribution is 2.36. The van der Waals surface area contributed by atoms with E-state index < -0.39 is 0 Å². The molecule has 0 spiro atoms. The summed E-state index contributed by atoms with van der Waals surface area (Å²) in [6.45, 7) is 14.6. The van der Waals surface area contributed by atoms with E-state index >= 15 is 0 Å². The first-order chi connectivity index (χ1) is 10.7. The van der Waals surface area contributed by atoms with Crippen LogP contribution in [0.2, 0.25) is 0 Å². The van der Waals surface area contributed by atoms with E-state index in [-0.39, 0.29) is 5.41 Å². The lowest BCUT2D eigenvalue weighted by molar-refractivity contribution is 0.283. The van der Waals surface area contributed by atoms with Crippen molar-refractivity contribution in [1.82, 2.24) is 0 Å². The maximum atomic E-state index is 5.83. The minimum atomic E-state index is 0.173. The molecule has 1 radical (unpaired) electrons. The van der Waals surface area contributed by atoms with E-state index in [1.165, 1.54) is 37.7 Å². The van der Waals surface area contributed by atoms with Crippen LogP contribution in [0.4, 0.5) is 0 Å². The number of benzene rings is 1. The summed E-state index contributed by atoms with van der Waals surface area (Å²) in [5.41, 5.74) is 1.85. The van der Waals surface area contributed by atoms with Gasteiger partial charge in [0.1, 0.15) is 5.75 Å². The average molecular weight is 318 g/mol. The predicted octanol–water partition coefficient (Wildman–Crippen LogP) is 6.94. The summed E-state index contributed by atoms with van der Waals surface area (Å²) in [7, 11) is 0. The second-order valence-electron chi connectivity index (χ2n) is 8.68. The third-order valence-electron chi connectivity index (χ3n) is 4.29. The Morgan fingerprint density at radius 1 is 0.913 bits per heavy atom. The van der Waals surface area contributed by atoms with Crippen LogP contribution in [0.25, 0.3) is 0 Å². The molecule has 1 rings (SSSR count). The molecule has 23 heavy (non-hydrogen) atoms. The van der Waals surface area contributed by atoms with Gasteiger partial charge in [-0.25, -0.2) is 0 Å². The van der Waals surface area contributed by atoms with E-state index in [1.807, 2.05) is 0 Å². The van der Waals surface area contributed by atoms with Gasteiger partial charge in [0.05, 0.1) is 6.61 Å². The third kappa shape index (κ3) is 8.44. The highest BCUT2D eigenvalue weighted by Gasteiger charge is 2.27. The van der Waals surface area contributed by atoms with E-state index in [1.54, 1.807) is 0 Å². The maximum absolute atomic E-state index is 5.83. The van der Waals surface area contributed by atoms with Crippen LogP contribution in [0.3, 0.4) is 0 Å². The van der Waals surface area contributed by atoms with Crippen molar-refractivity contribution in [3.63, 3.8) is 0 Å². The van der Waals surface area contributed by atoms with Crippen LogP contribution < -0.4 is 4.74 Å². The SMILES string of the molecule is CCCCCCCCOc1[c]cc(C(C)(C)CC(C)(C)C)cc1. The van der Waals surface area contributed by atoms with Gasteiger partial charge in [0, 0.05) is 6.07 Å². The minimum Gasteiger partial charge on any atom is -0.493 e. The average Bonchev–Trinajstić information content (AvgIpc) is 2.44. The van der Waals surface area contributed by atoms with Crippen LogP contribution in [0, 0.1) is 11.5 Å². The highest BCUT2D eigenvalue weighted by atomic mass is 16.5. The number of rotatable bonds is 10. The summed E-state index contributed by atoms with van der Waals surface area (Å²) in [4.78, 5) is 0. The molecule has 0 heterocycles. The Morgan fingerprint density at radius 3 is 2.13 bits per heavy atom. The summed E-state index contributed by atoms with van der Waals surface area (Å²) in [5.74, 6) is 0.883. The monoisotopic (exact) mass is 317 g/mol. The number of ether oxygens (including phenoxy) is 1. The Balaban J connectivity index is 2.38. The van der Waals surface area contributed by atoms with Gasteiger partial charge >= 0.3 is 0 Å². The molecule has 0 aliphatic heterocycles. The smallest absolute Gasteiger partial charge is 0.127 e. The van der Waals surface area contributed by atoms with Gasteiger partial charge in [-0.15, -0.1) is 0 Å². The molecular formula is C22H37O. The zero-order valence-electron chi connectivity index (χ0n) is 16.3. The topological polar surface area (TPSA) is 9.23 Å². The molecule has 1 aromatic rings. The molecule has 1 nitrogen and oxygen atoms in total. The van der Waals surface area contributed by atoms with Crippen LogP contribution >= 0.6 is 0 Å². The van der Waals surface area contributed by atoms with Crippen LogP contribution in [-0.2, 0) is 5.41 Å². The van der Waals surface area contributed by atoms with Gasteiger partial charge in [-0.1, -0.05) is 79.7 Å². The van der Waals surface area contributed by atoms with E-state index in [0.717, 1.165) is 25.2 Å². The summed E-state index contributed by atoms with van der Waals surface area (Å²) >= 11 is 0. The zero-order chi connectivity index (χ0) is 17.3. The van der Waals surface area contributed by atoms with Gasteiger partial charge in [-0.2, -0.15) is 0 Å². The fourth-order valence-corrected chi connectivity index (χ4v) is 3.41. The molecule has 1 heteroatoms. The van der Waals surface area contributed by atoms with Gasteiger partial charge in [0.2, 0.25) is 0 Å². The minimum absolute atomic E-state index is 0.173. The van der Waals surface area contributed by atoms with Crippen LogP contribution in [0.15, 0.2) is 18.2 Å². The molecule has 0 saturated heterocycles. The van der Waals surface area contributed by atoms with E-state index in [2.05, 4.69) is 65.8 Å². The number of hydrogen-bond acceptors (Lipinski definition) is 1. The number of hydrogen-bond donors (Lipinski definition) is 0. The number of unbranched alkanes of at least 4 members (excludes halogenated alkanes) is 5. The molecule has 0 atom stereocenters. The second-order valence-corrected chi connectivity index (χ2v) is 8.68. The molecule has 1 aromatic carbocycles. The first kappa shape index (κ1) is 20.1. The van der Waals surface area contributed by atoms with E-state index in [9.17, 15) is 0 Å². The van der Waals surface area contributed by atoms with Crippen molar-refractivity contribution in [2.75, 3.05) is 6.61 Å². The standard InChI is InChI=1S/C22H37O/c1-7-8-9-10-11-12-17-23-20-15-13-19(14-16-20)22(5,6)18-21(2,3)4/h13-15H,7-12,17-18H2,1-6H3. The summed E-state index contributed by atoms with van der Waals surface area (Å²) in [6, 6.07) is 9.72. The zero-order valence-corrected chi connectivity index (χ0v) is 16.3. The summed E-state index contributed by atoms with van der Waals surface area (Å²) < 4.78 is 5.83. The Labute approximate surface area is 144 Å². The van der Waals surface area contributed by atoms with Crippen molar-refractivity contribution in [3.05, 3.63) is 29.8 Å². The molecule has 0 aliphatic rings. The predicted molar refractivity (Wildman–Crippen MR) is 101 cm³/mol. The van der Waals surface area contributed by atoms with Gasteiger partial charge in [-0.3, -0.25) is 0 Å². The Kier molecular flexibility index (Phi) is 8.16. The van der Waals surface area contributed by atoms with Crippen molar-refractivity contribution < 1.29 is 4.74 Å². The fourth-order valence-electron chi connectivity index (χ4n) is 3.41. The third-order valence-corrected chi connectivity index (χ3v) is 4.29. The summed E-state index contributed by atoms with van der Waals surface area (Å²) in [5, 5.41) is 0. The van der Waals surface area contributed by atoms with Crippen molar-refractivity contribution in [3.8, 4) is 5.75 Å². The molecule has 0 fully saturated rings. The van der Waals surface area contributed by atoms with Crippen LogP contribution in [0.1, 0.15) is 92.1 Å². The van der Waals surface area contributed by atoms with Gasteiger partial charge in [0.15, 0.2) is 0 Å². The second kappa shape index (κ2) is 9.35. The lowest BCUT2D eigenvalue weighted by Crippen LogP contribution is -2.24. The van der Waals surface area contributed by atoms with Gasteiger partial charge in [-0.05, 0) is 41.4 Å². The van der Waals surface area contributed by atoms with Crippen molar-refractivity contribution in [2.45, 2.75) is 91.9 Å². The molecule has 0 aromatic heterocycles. The van der Waals surface area contributed by atoms with E-state index in [0.29, 0.717) is 5.41 Å². The maximum Gasteiger partial charge on any atom is 0.127 e. The largest absolute Gasteiger partial charge is 0.493 e. The van der Waals surface area contributed by atoms with Crippen molar-refractivity contribution in [1.29, 1.82) is 0 Å². The van der Waals surface area contributed by atoms with Gasteiger partial charge < -0.3 is 4.74 Å². The molecule has 0 N–H and O–H groups in total. The van der Waals surface area contributed by atoms with Crippen LogP contribution in [-0.4, -0.2) is 6.61 Å². The van der Waals surface area contributed by atoms with Gasteiger partial charge in [0.25, 0.3) is 0 Å². The normalized spacial score (nSPS) is 12.4. The lowest BCUT2D eigenvalue weighted by atomic mass is 9.72. The van der Waals surface area contributed by atoms with Crippen LogP contribution in [0.5, 0.6) is 5.75 Å². The van der Waals surface area contributed by atoms with E-state index in [4.69, 9.17) is 4.74 Å². The first-order valence-corrected chi connectivity index (χ1v) is 9.40. The lowest BCUT2D eigenvalue weighted by Gasteiger charge is -2.33. The Morgan fingerprint density at radius 2 is 1.57 bits per heavy atom. The highest BCUT2D eigenvalue weighted by molar-refractivity contribution is 5.30. The molecule has 0 saturated carbocycles. The molecule has 131 valence electrons. The molecule has 0 bridgehead atoms. The quantitative estimate of drug-likeness (QED) is 0.425. The molecule has 0 unspecified atom stereocenters. The molecule has 0 amide bonds. The first-order valence-electron chi connectivity index (χ1n) is 9.40. The fraction of sp³-hybridized carbons (Fsp3) is 0.727. The Bertz CT molecular complexity index is 422. The van der Waals surface area contributed by atoms with Crippen molar-refractivity contribution >= 4 is 0 Å². The van der Waals surface area contributed by atoms with Crippen molar-refractivity contribution in [2.24, 2.45) is 5.41 Å². The summed E-state index contributed by atoms with van der Waals surface area (Å²) in [6.07, 6.45) is 8.95. The molecular weight excluding hydrogens is 280 g/mol.